The van der Waals surface area contributed by atoms with E-state index in [1.807, 2.05) is 0 Å². The molecule has 1 N–H and O–H groups in total. The number of hydrogen-bond donors (Lipinski definition) is 1. The first kappa shape index (κ1) is 32.6. The quantitative estimate of drug-likeness (QED) is 0.178. The molecule has 8 aromatic rings. The standard InChI is InChI=1S/C52H44N2/c1-3-40-46(34-13-5-4-6-14-34)29-33(2)51(37-24-21-36(22-25-37)47-30-38-16-8-9-17-41(38)43-19-11-12-20-44(43)47)54-52(40)48-31-39-26-23-35-15-7-10-18-42(35)50(39)45-27-28-53-32-49(45)48/h4-28,30-31,33,40,46,51,53H,3,29,32H2,1-2H3. The van der Waals surface area contributed by atoms with Gasteiger partial charge < -0.3 is 5.32 Å². The lowest BCUT2D eigenvalue weighted by Gasteiger charge is -2.29. The molecule has 0 spiro atoms. The van der Waals surface area contributed by atoms with Gasteiger partial charge in [0.25, 0.3) is 0 Å². The molecule has 0 amide bonds. The first-order valence-corrected chi connectivity index (χ1v) is 19.7. The van der Waals surface area contributed by atoms with Crippen molar-refractivity contribution in [2.24, 2.45) is 16.8 Å². The molecule has 2 aliphatic heterocycles. The Morgan fingerprint density at radius 2 is 1.28 bits per heavy atom. The van der Waals surface area contributed by atoms with Crippen LogP contribution in [0, 0.1) is 11.8 Å². The van der Waals surface area contributed by atoms with Crippen molar-refractivity contribution in [1.29, 1.82) is 0 Å². The molecular weight excluding hydrogens is 653 g/mol. The average molecular weight is 697 g/mol. The number of aliphatic imine (C=N–C) groups is 1. The van der Waals surface area contributed by atoms with Gasteiger partial charge in [-0.25, -0.2) is 0 Å². The summed E-state index contributed by atoms with van der Waals surface area (Å²) in [5, 5.41) is 14.0. The van der Waals surface area contributed by atoms with Gasteiger partial charge in [-0.2, -0.15) is 0 Å². The number of nitrogens with zero attached hydrogens (tertiary/aromatic N) is 1. The molecule has 4 unspecified atom stereocenters. The molecule has 4 atom stereocenters. The zero-order valence-electron chi connectivity index (χ0n) is 31.0. The van der Waals surface area contributed by atoms with Gasteiger partial charge in [0.05, 0.1) is 6.04 Å². The number of hydrogen-bond acceptors (Lipinski definition) is 2. The fourth-order valence-electron chi connectivity index (χ4n) is 9.78. The maximum absolute atomic E-state index is 5.96. The van der Waals surface area contributed by atoms with Gasteiger partial charge in [-0.05, 0) is 126 Å². The summed E-state index contributed by atoms with van der Waals surface area (Å²) in [5.74, 6) is 1.01. The summed E-state index contributed by atoms with van der Waals surface area (Å²) in [5.41, 5.74) is 10.5. The predicted octanol–water partition coefficient (Wildman–Crippen LogP) is 13.4. The zero-order valence-corrected chi connectivity index (χ0v) is 31.0. The Morgan fingerprint density at radius 3 is 2.07 bits per heavy atom. The Kier molecular flexibility index (Phi) is 8.13. The minimum atomic E-state index is 0.0419. The predicted molar refractivity (Wildman–Crippen MR) is 230 cm³/mol. The fourth-order valence-corrected chi connectivity index (χ4v) is 9.78. The molecule has 2 aliphatic rings. The lowest BCUT2D eigenvalue weighted by Crippen LogP contribution is -2.25. The van der Waals surface area contributed by atoms with Gasteiger partial charge in [0.1, 0.15) is 0 Å². The second-order valence-corrected chi connectivity index (χ2v) is 15.4. The topological polar surface area (TPSA) is 24.4 Å². The summed E-state index contributed by atoms with van der Waals surface area (Å²) in [6.07, 6.45) is 6.52. The molecule has 0 aliphatic carbocycles. The summed E-state index contributed by atoms with van der Waals surface area (Å²) in [7, 11) is 0. The van der Waals surface area contributed by atoms with Crippen LogP contribution in [0.1, 0.15) is 66.5 Å². The maximum Gasteiger partial charge on any atom is 0.0778 e. The molecule has 8 aromatic carbocycles. The van der Waals surface area contributed by atoms with Crippen LogP contribution in [0.2, 0.25) is 0 Å². The van der Waals surface area contributed by atoms with Crippen LogP contribution in [-0.4, -0.2) is 5.71 Å². The van der Waals surface area contributed by atoms with E-state index in [-0.39, 0.29) is 12.0 Å². The highest BCUT2D eigenvalue weighted by Gasteiger charge is 2.36. The largest absolute Gasteiger partial charge is 0.387 e. The van der Waals surface area contributed by atoms with E-state index in [9.17, 15) is 0 Å². The summed E-state index contributed by atoms with van der Waals surface area (Å²) in [6, 6.07) is 56.5. The fraction of sp³-hybridized carbons (Fsp3) is 0.173. The number of benzene rings is 8. The Hall–Kier alpha value is -5.99. The van der Waals surface area contributed by atoms with E-state index < -0.39 is 0 Å². The van der Waals surface area contributed by atoms with E-state index in [2.05, 4.69) is 183 Å². The monoisotopic (exact) mass is 696 g/mol. The number of fused-ring (bicyclic) bond motifs is 8. The molecule has 262 valence electrons. The van der Waals surface area contributed by atoms with Crippen molar-refractivity contribution in [2.75, 3.05) is 0 Å². The highest BCUT2D eigenvalue weighted by atomic mass is 14.9. The van der Waals surface area contributed by atoms with Gasteiger partial charge in [0.2, 0.25) is 0 Å². The number of nitrogens with one attached hydrogen (secondary N) is 1. The second kappa shape index (κ2) is 13.5. The third-order valence-electron chi connectivity index (χ3n) is 12.4. The Bertz CT molecular complexity index is 2760. The highest BCUT2D eigenvalue weighted by molar-refractivity contribution is 6.16. The molecule has 0 saturated carbocycles. The molecule has 0 bridgehead atoms. The first-order valence-electron chi connectivity index (χ1n) is 19.7. The first-order chi connectivity index (χ1) is 26.7. The molecule has 0 fully saturated rings. The Labute approximate surface area is 317 Å². The smallest absolute Gasteiger partial charge is 0.0778 e. The summed E-state index contributed by atoms with van der Waals surface area (Å²) >= 11 is 0. The van der Waals surface area contributed by atoms with E-state index in [1.54, 1.807) is 0 Å². The van der Waals surface area contributed by atoms with Crippen molar-refractivity contribution in [3.05, 3.63) is 186 Å². The van der Waals surface area contributed by atoms with Crippen LogP contribution in [0.3, 0.4) is 0 Å². The Morgan fingerprint density at radius 1 is 0.611 bits per heavy atom. The third kappa shape index (κ3) is 5.43. The molecular formula is C52H44N2. The van der Waals surface area contributed by atoms with Crippen molar-refractivity contribution in [3.8, 4) is 11.1 Å². The highest BCUT2D eigenvalue weighted by Crippen LogP contribution is 2.46. The van der Waals surface area contributed by atoms with Crippen molar-refractivity contribution >= 4 is 54.9 Å². The second-order valence-electron chi connectivity index (χ2n) is 15.4. The zero-order chi connectivity index (χ0) is 36.2. The van der Waals surface area contributed by atoms with Crippen LogP contribution in [0.25, 0.3) is 60.3 Å². The minimum Gasteiger partial charge on any atom is -0.387 e. The van der Waals surface area contributed by atoms with Crippen LogP contribution in [0.4, 0.5) is 0 Å². The van der Waals surface area contributed by atoms with E-state index in [0.29, 0.717) is 11.8 Å². The van der Waals surface area contributed by atoms with E-state index in [4.69, 9.17) is 4.99 Å². The van der Waals surface area contributed by atoms with Gasteiger partial charge in [0, 0.05) is 23.7 Å². The summed E-state index contributed by atoms with van der Waals surface area (Å²) in [6.45, 7) is 5.58. The molecule has 10 rings (SSSR count). The van der Waals surface area contributed by atoms with Crippen molar-refractivity contribution in [1.82, 2.24) is 5.32 Å². The van der Waals surface area contributed by atoms with E-state index in [0.717, 1.165) is 19.4 Å². The van der Waals surface area contributed by atoms with Gasteiger partial charge in [-0.3, -0.25) is 4.99 Å². The normalized spacial score (nSPS) is 19.8. The summed E-state index contributed by atoms with van der Waals surface area (Å²) in [4.78, 5) is 5.96. The molecule has 0 aromatic heterocycles. The van der Waals surface area contributed by atoms with Crippen LogP contribution in [-0.2, 0) is 6.54 Å². The minimum absolute atomic E-state index is 0.0419. The van der Waals surface area contributed by atoms with Gasteiger partial charge >= 0.3 is 0 Å². The summed E-state index contributed by atoms with van der Waals surface area (Å²) < 4.78 is 0. The van der Waals surface area contributed by atoms with Crippen molar-refractivity contribution < 1.29 is 0 Å². The molecule has 2 heteroatoms. The van der Waals surface area contributed by atoms with Crippen LogP contribution in [0.5, 0.6) is 0 Å². The third-order valence-corrected chi connectivity index (χ3v) is 12.4. The molecule has 0 saturated heterocycles. The van der Waals surface area contributed by atoms with E-state index in [1.165, 1.54) is 87.7 Å². The molecule has 2 nitrogen and oxygen atoms in total. The van der Waals surface area contributed by atoms with Crippen molar-refractivity contribution in [3.63, 3.8) is 0 Å². The lowest BCUT2D eigenvalue weighted by molar-refractivity contribution is 0.382. The maximum atomic E-state index is 5.96. The average Bonchev–Trinajstić information content (AvgIpc) is 3.39. The van der Waals surface area contributed by atoms with Gasteiger partial charge in [-0.1, -0.05) is 153 Å². The molecule has 0 radical (unpaired) electrons. The van der Waals surface area contributed by atoms with Crippen LogP contribution in [0.15, 0.2) is 163 Å². The number of rotatable bonds is 5. The van der Waals surface area contributed by atoms with Crippen molar-refractivity contribution in [2.45, 2.75) is 45.2 Å². The molecule has 54 heavy (non-hydrogen) atoms. The van der Waals surface area contributed by atoms with Crippen LogP contribution >= 0.6 is 0 Å². The van der Waals surface area contributed by atoms with Gasteiger partial charge in [-0.15, -0.1) is 0 Å². The van der Waals surface area contributed by atoms with Crippen LogP contribution < -0.4 is 5.32 Å². The lowest BCUT2D eigenvalue weighted by atomic mass is 9.74. The Balaban J connectivity index is 1.15. The molecule has 2 heterocycles. The van der Waals surface area contributed by atoms with Gasteiger partial charge in [0.15, 0.2) is 0 Å². The SMILES string of the molecule is CCC1C(c2cc3ccc4ccccc4c3c3c2CNC=C3)=NC(c2ccc(-c3cc4ccccc4c4ccccc34)cc2)C(C)CC1c1ccccc1. The van der Waals surface area contributed by atoms with E-state index >= 15 is 0 Å².